The molecule has 6 heteroatoms. The molecule has 3 aliphatic rings. The molecule has 5 rings (SSSR count). The molecule has 0 spiro atoms. The second-order valence-electron chi connectivity index (χ2n) is 9.63. The summed E-state index contributed by atoms with van der Waals surface area (Å²) in [4.78, 5) is 27.7. The summed E-state index contributed by atoms with van der Waals surface area (Å²) in [5.41, 5.74) is 3.52. The van der Waals surface area contributed by atoms with Crippen LogP contribution in [0.4, 0.5) is 0 Å². The zero-order valence-electron chi connectivity index (χ0n) is 19.3. The number of alkyl halides is 3. The van der Waals surface area contributed by atoms with Crippen molar-refractivity contribution >= 4 is 37.8 Å². The molecule has 0 bridgehead atoms. The van der Waals surface area contributed by atoms with Crippen LogP contribution in [0.25, 0.3) is 11.8 Å². The van der Waals surface area contributed by atoms with Crippen molar-refractivity contribution in [3.63, 3.8) is 0 Å². The topological polar surface area (TPSA) is 67.5 Å². The SMILES string of the molecule is CI(C)CC1=CC2C(=c3ccn([C@H]4CCCC[C@@H]4O)c(=O)c3=CC2Cc2cccnc2)N=C1. The molecular formula is C27H32IN3O2. The molecular weight excluding hydrogens is 525 g/mol. The van der Waals surface area contributed by atoms with Crippen molar-refractivity contribution in [1.29, 1.82) is 0 Å². The molecule has 5 nitrogen and oxygen atoms in total. The molecule has 0 amide bonds. The Bertz CT molecular complexity index is 1260. The van der Waals surface area contributed by atoms with Crippen molar-refractivity contribution in [3.05, 3.63) is 74.8 Å². The molecule has 2 unspecified atom stereocenters. The van der Waals surface area contributed by atoms with E-state index < -0.39 is 25.9 Å². The van der Waals surface area contributed by atoms with E-state index in [9.17, 15) is 9.90 Å². The van der Waals surface area contributed by atoms with E-state index in [1.54, 1.807) is 10.8 Å². The van der Waals surface area contributed by atoms with Crippen LogP contribution in [0, 0.1) is 11.8 Å². The number of hydrogen-bond acceptors (Lipinski definition) is 4. The Morgan fingerprint density at radius 3 is 2.79 bits per heavy atom. The quantitative estimate of drug-likeness (QED) is 0.455. The van der Waals surface area contributed by atoms with Gasteiger partial charge in [-0.3, -0.25) is 0 Å². The van der Waals surface area contributed by atoms with E-state index in [0.29, 0.717) is 0 Å². The minimum atomic E-state index is -0.922. The molecule has 0 aromatic carbocycles. The van der Waals surface area contributed by atoms with E-state index in [1.165, 1.54) is 11.1 Å². The first-order valence-electron chi connectivity index (χ1n) is 11.8. The van der Waals surface area contributed by atoms with Gasteiger partial charge in [-0.2, -0.15) is 0 Å². The van der Waals surface area contributed by atoms with Crippen molar-refractivity contribution in [2.45, 2.75) is 44.2 Å². The van der Waals surface area contributed by atoms with Crippen LogP contribution in [0.15, 0.2) is 58.2 Å². The zero-order chi connectivity index (χ0) is 22.9. The Morgan fingerprint density at radius 2 is 2.03 bits per heavy atom. The third kappa shape index (κ3) is 4.64. The van der Waals surface area contributed by atoms with Crippen LogP contribution >= 0.6 is 19.8 Å². The standard InChI is InChI=1S/C27H32IN3O2/c1-28(2)15-19-13-22-20(12-18-6-5-10-29-16-18)14-23-21(26(22)30-17-19)9-11-31(27(23)33)24-7-3-4-8-25(24)32/h5-6,9-11,13-14,16-17,20,22,24-25,32H,3-4,7-8,12,15H2,1-2H3/t20?,22?,24-,25-/m0/s1. The van der Waals surface area contributed by atoms with Crippen LogP contribution < -0.4 is 16.0 Å². The molecule has 0 saturated heterocycles. The maximum absolute atomic E-state index is 13.7. The summed E-state index contributed by atoms with van der Waals surface area (Å²) in [6.07, 6.45) is 16.3. The van der Waals surface area contributed by atoms with Crippen molar-refractivity contribution in [3.8, 4) is 0 Å². The van der Waals surface area contributed by atoms with Gasteiger partial charge in [0.15, 0.2) is 0 Å². The van der Waals surface area contributed by atoms with Gasteiger partial charge in [-0.05, 0) is 0 Å². The van der Waals surface area contributed by atoms with Crippen molar-refractivity contribution < 1.29 is 5.11 Å². The molecule has 174 valence electrons. The zero-order valence-corrected chi connectivity index (χ0v) is 21.5. The number of pyridine rings is 2. The second kappa shape index (κ2) is 9.66. The Hall–Kier alpha value is -2.06. The van der Waals surface area contributed by atoms with Gasteiger partial charge < -0.3 is 0 Å². The number of aliphatic imine (C=N–C) groups is 1. The number of aromatic nitrogens is 2. The molecule has 4 atom stereocenters. The van der Waals surface area contributed by atoms with Crippen LogP contribution in [0.1, 0.15) is 37.3 Å². The van der Waals surface area contributed by atoms with Crippen molar-refractivity contribution in [1.82, 2.24) is 9.55 Å². The second-order valence-corrected chi connectivity index (χ2v) is 15.6. The van der Waals surface area contributed by atoms with Gasteiger partial charge in [0.2, 0.25) is 0 Å². The van der Waals surface area contributed by atoms with Crippen LogP contribution in [0.2, 0.25) is 0 Å². The molecule has 1 saturated carbocycles. The molecule has 2 aromatic heterocycles. The van der Waals surface area contributed by atoms with E-state index in [2.05, 4.69) is 33.1 Å². The molecule has 1 aliphatic heterocycles. The first-order chi connectivity index (χ1) is 16.0. The number of allylic oxidation sites excluding steroid dienone is 1. The van der Waals surface area contributed by atoms with E-state index in [0.717, 1.165) is 52.7 Å². The number of rotatable bonds is 5. The number of fused-ring (bicyclic) bond motifs is 2. The Labute approximate surface area is 202 Å². The number of halogens is 1. The number of aliphatic hydroxyl groups excluding tert-OH is 1. The molecule has 3 heterocycles. The van der Waals surface area contributed by atoms with Gasteiger partial charge in [-0.25, -0.2) is 0 Å². The summed E-state index contributed by atoms with van der Waals surface area (Å²) in [6, 6.07) is 5.99. The normalized spacial score (nSPS) is 26.7. The number of dihydropyridines is 1. The molecule has 1 N–H and O–H groups in total. The fourth-order valence-corrected chi connectivity index (χ4v) is 7.69. The van der Waals surface area contributed by atoms with Crippen molar-refractivity contribution in [2.24, 2.45) is 16.8 Å². The average Bonchev–Trinajstić information content (AvgIpc) is 2.81. The molecule has 0 radical (unpaired) electrons. The van der Waals surface area contributed by atoms with Gasteiger partial charge >= 0.3 is 196 Å². The summed E-state index contributed by atoms with van der Waals surface area (Å²) >= 11 is -0.922. The predicted octanol–water partition coefficient (Wildman–Crippen LogP) is 2.87. The van der Waals surface area contributed by atoms with Crippen LogP contribution in [0.5, 0.6) is 0 Å². The number of aliphatic hydroxyl groups is 1. The first kappa shape index (κ1) is 22.7. The molecule has 2 aromatic rings. The van der Waals surface area contributed by atoms with Gasteiger partial charge in [0, 0.05) is 0 Å². The molecule has 33 heavy (non-hydrogen) atoms. The average molecular weight is 557 g/mol. The van der Waals surface area contributed by atoms with E-state index in [-0.39, 0.29) is 23.4 Å². The number of hydrogen-bond donors (Lipinski definition) is 1. The van der Waals surface area contributed by atoms with E-state index in [4.69, 9.17) is 4.99 Å². The van der Waals surface area contributed by atoms with E-state index in [1.807, 2.05) is 30.7 Å². The van der Waals surface area contributed by atoms with Gasteiger partial charge in [-0.1, -0.05) is 6.42 Å². The predicted molar refractivity (Wildman–Crippen MR) is 144 cm³/mol. The fraction of sp³-hybridized carbons (Fsp3) is 0.444. The molecule has 2 aliphatic carbocycles. The summed E-state index contributed by atoms with van der Waals surface area (Å²) in [5, 5.41) is 12.3. The summed E-state index contributed by atoms with van der Waals surface area (Å²) in [6.45, 7) is 0. The van der Waals surface area contributed by atoms with Gasteiger partial charge in [-0.15, -0.1) is 0 Å². The molecule has 1 fully saturated rings. The van der Waals surface area contributed by atoms with Gasteiger partial charge in [0.05, 0.1) is 0 Å². The summed E-state index contributed by atoms with van der Waals surface area (Å²) < 4.78 is 2.94. The summed E-state index contributed by atoms with van der Waals surface area (Å²) in [7, 11) is 0. The van der Waals surface area contributed by atoms with Gasteiger partial charge in [0.25, 0.3) is 0 Å². The first-order valence-corrected chi connectivity index (χ1v) is 17.6. The van der Waals surface area contributed by atoms with Crippen molar-refractivity contribution in [2.75, 3.05) is 14.3 Å². The number of nitrogens with zero attached hydrogens (tertiary/aromatic N) is 3. The Kier molecular flexibility index (Phi) is 6.65. The fourth-order valence-electron chi connectivity index (χ4n) is 5.48. The van der Waals surface area contributed by atoms with Crippen LogP contribution in [-0.4, -0.2) is 41.3 Å². The minimum absolute atomic E-state index is 0.00102. The van der Waals surface area contributed by atoms with Crippen LogP contribution in [-0.2, 0) is 6.42 Å². The van der Waals surface area contributed by atoms with Crippen LogP contribution in [0.3, 0.4) is 0 Å². The Morgan fingerprint density at radius 1 is 1.18 bits per heavy atom. The maximum atomic E-state index is 13.7. The monoisotopic (exact) mass is 557 g/mol. The van der Waals surface area contributed by atoms with Gasteiger partial charge in [0.1, 0.15) is 0 Å². The Balaban J connectivity index is 1.63. The third-order valence-corrected chi connectivity index (χ3v) is 9.43. The van der Waals surface area contributed by atoms with E-state index >= 15 is 0 Å². The third-order valence-electron chi connectivity index (χ3n) is 7.02. The summed E-state index contributed by atoms with van der Waals surface area (Å²) in [5.74, 6) is 0.323.